The van der Waals surface area contributed by atoms with Crippen molar-refractivity contribution in [3.63, 3.8) is 0 Å². The highest BCUT2D eigenvalue weighted by Crippen LogP contribution is 2.23. The first kappa shape index (κ1) is 15.3. The predicted molar refractivity (Wildman–Crippen MR) is 89.3 cm³/mol. The minimum Gasteiger partial charge on any atom is -0.507 e. The van der Waals surface area contributed by atoms with E-state index in [0.29, 0.717) is 0 Å². The van der Waals surface area contributed by atoms with Gasteiger partial charge in [-0.3, -0.25) is 0 Å². The van der Waals surface area contributed by atoms with Crippen molar-refractivity contribution in [1.82, 2.24) is 0 Å². The highest BCUT2D eigenvalue weighted by Gasteiger charge is 2.45. The molecular weight excluding hydrogens is 276 g/mol. The van der Waals surface area contributed by atoms with Crippen molar-refractivity contribution in [3.8, 4) is 0 Å². The van der Waals surface area contributed by atoms with E-state index in [-0.39, 0.29) is 11.5 Å². The molecule has 21 heavy (non-hydrogen) atoms. The minimum absolute atomic E-state index is 0.214. The van der Waals surface area contributed by atoms with Crippen LogP contribution in [0.3, 0.4) is 0 Å². The zero-order valence-corrected chi connectivity index (χ0v) is 13.5. The lowest BCUT2D eigenvalue weighted by atomic mass is 10.4. The number of carbonyl (C=O) groups is 1. The van der Waals surface area contributed by atoms with Crippen LogP contribution in [0.15, 0.2) is 73.3 Å². The summed E-state index contributed by atoms with van der Waals surface area (Å²) in [4.78, 5) is 12.0. The molecule has 0 radical (unpaired) electrons. The quantitative estimate of drug-likeness (QED) is 0.626. The van der Waals surface area contributed by atoms with Gasteiger partial charge < -0.3 is 4.43 Å². The number of rotatable bonds is 5. The van der Waals surface area contributed by atoms with Gasteiger partial charge in [-0.25, -0.2) is 4.79 Å². The van der Waals surface area contributed by atoms with Crippen LogP contribution in [0.5, 0.6) is 0 Å². The lowest BCUT2D eigenvalue weighted by Gasteiger charge is -2.34. The van der Waals surface area contributed by atoms with Crippen molar-refractivity contribution >= 4 is 24.7 Å². The maximum Gasteiger partial charge on any atom is 0.321 e. The summed E-state index contributed by atoms with van der Waals surface area (Å²) < 4.78 is 6.00. The van der Waals surface area contributed by atoms with E-state index in [2.05, 4.69) is 44.7 Å². The van der Waals surface area contributed by atoms with Crippen molar-refractivity contribution < 1.29 is 9.22 Å². The van der Waals surface area contributed by atoms with Crippen LogP contribution in [0.2, 0.25) is 5.54 Å². The monoisotopic (exact) mass is 296 g/mol. The molecule has 0 unspecified atom stereocenters. The Morgan fingerprint density at radius 2 is 1.43 bits per heavy atom. The molecule has 0 aromatic heterocycles. The van der Waals surface area contributed by atoms with Crippen molar-refractivity contribution in [2.75, 3.05) is 0 Å². The molecule has 0 saturated heterocycles. The van der Waals surface area contributed by atoms with Crippen molar-refractivity contribution in [2.45, 2.75) is 19.4 Å². The molecule has 3 heteroatoms. The van der Waals surface area contributed by atoms with Crippen LogP contribution in [-0.4, -0.2) is 14.3 Å². The third-order valence-electron chi connectivity index (χ3n) is 3.65. The maximum atomic E-state index is 12.0. The topological polar surface area (TPSA) is 26.3 Å². The van der Waals surface area contributed by atoms with Gasteiger partial charge in [0.1, 0.15) is 0 Å². The standard InChI is InChI=1S/C18H20O2Si/c1-4-18(19)20-21(15(2)3,16-11-7-5-8-12-16)17-13-9-6-10-14-17/h4-15H,1H2,2-3H3. The Kier molecular flexibility index (Phi) is 4.76. The van der Waals surface area contributed by atoms with Crippen molar-refractivity contribution in [3.05, 3.63) is 73.3 Å². The second-order valence-electron chi connectivity index (χ2n) is 5.25. The molecule has 2 aromatic rings. The zero-order chi connectivity index (χ0) is 15.3. The summed E-state index contributed by atoms with van der Waals surface area (Å²) >= 11 is 0. The molecule has 0 spiro atoms. The van der Waals surface area contributed by atoms with Gasteiger partial charge in [0.2, 0.25) is 0 Å². The Bertz CT molecular complexity index is 566. The first-order valence-electron chi connectivity index (χ1n) is 7.07. The third kappa shape index (κ3) is 2.98. The van der Waals surface area contributed by atoms with Crippen LogP contribution in [0.25, 0.3) is 0 Å². The molecule has 0 atom stereocenters. The molecule has 0 bridgehead atoms. The molecule has 0 N–H and O–H groups in total. The highest BCUT2D eigenvalue weighted by atomic mass is 28.4. The summed E-state index contributed by atoms with van der Waals surface area (Å²) in [5.41, 5.74) is 0.214. The first-order valence-corrected chi connectivity index (χ1v) is 9.06. The molecule has 0 fully saturated rings. The second kappa shape index (κ2) is 6.55. The van der Waals surface area contributed by atoms with Gasteiger partial charge in [0.05, 0.1) is 0 Å². The Balaban J connectivity index is 2.66. The van der Waals surface area contributed by atoms with E-state index in [9.17, 15) is 4.79 Å². The summed E-state index contributed by atoms with van der Waals surface area (Å²) in [6.07, 6.45) is 1.25. The van der Waals surface area contributed by atoms with Gasteiger partial charge >= 0.3 is 14.3 Å². The van der Waals surface area contributed by atoms with Gasteiger partial charge in [-0.05, 0) is 15.9 Å². The molecule has 2 aromatic carbocycles. The van der Waals surface area contributed by atoms with Crippen molar-refractivity contribution in [1.29, 1.82) is 0 Å². The zero-order valence-electron chi connectivity index (χ0n) is 12.5. The average Bonchev–Trinajstić information content (AvgIpc) is 2.53. The van der Waals surface area contributed by atoms with Gasteiger partial charge in [0, 0.05) is 6.08 Å². The normalized spacial score (nSPS) is 11.2. The second-order valence-corrected chi connectivity index (χ2v) is 9.23. The fourth-order valence-corrected chi connectivity index (χ4v) is 6.55. The average molecular weight is 296 g/mol. The Labute approximate surface area is 127 Å². The molecule has 0 aliphatic rings. The van der Waals surface area contributed by atoms with E-state index in [0.717, 1.165) is 10.4 Å². The summed E-state index contributed by atoms with van der Waals surface area (Å²) in [5.74, 6) is -0.358. The van der Waals surface area contributed by atoms with E-state index >= 15 is 0 Å². The van der Waals surface area contributed by atoms with Crippen LogP contribution in [-0.2, 0) is 9.22 Å². The fraction of sp³-hybridized carbons (Fsp3) is 0.167. The Morgan fingerprint density at radius 1 is 1.00 bits per heavy atom. The molecule has 0 saturated carbocycles. The lowest BCUT2D eigenvalue weighted by molar-refractivity contribution is -0.129. The lowest BCUT2D eigenvalue weighted by Crippen LogP contribution is -2.63. The molecule has 0 heterocycles. The molecule has 2 nitrogen and oxygen atoms in total. The van der Waals surface area contributed by atoms with Crippen LogP contribution in [0.1, 0.15) is 13.8 Å². The van der Waals surface area contributed by atoms with Gasteiger partial charge in [-0.2, -0.15) is 0 Å². The van der Waals surface area contributed by atoms with Gasteiger partial charge in [0.25, 0.3) is 0 Å². The van der Waals surface area contributed by atoms with Crippen LogP contribution < -0.4 is 10.4 Å². The van der Waals surface area contributed by atoms with Crippen LogP contribution >= 0.6 is 0 Å². The minimum atomic E-state index is -2.63. The molecular formula is C18H20O2Si. The number of carbonyl (C=O) groups excluding carboxylic acids is 1. The Hall–Kier alpha value is -2.13. The largest absolute Gasteiger partial charge is 0.507 e. The first-order chi connectivity index (χ1) is 10.1. The van der Waals surface area contributed by atoms with E-state index in [1.165, 1.54) is 6.08 Å². The summed E-state index contributed by atoms with van der Waals surface area (Å²) in [5, 5.41) is 2.20. The van der Waals surface area contributed by atoms with Crippen LogP contribution in [0.4, 0.5) is 0 Å². The summed E-state index contributed by atoms with van der Waals surface area (Å²) in [6.45, 7) is 7.77. The molecule has 2 rings (SSSR count). The third-order valence-corrected chi connectivity index (χ3v) is 8.18. The summed E-state index contributed by atoms with van der Waals surface area (Å²) in [7, 11) is -2.63. The van der Waals surface area contributed by atoms with Crippen molar-refractivity contribution in [2.24, 2.45) is 0 Å². The molecule has 0 aliphatic heterocycles. The molecule has 0 amide bonds. The fourth-order valence-electron chi connectivity index (χ4n) is 2.64. The SMILES string of the molecule is C=CC(=O)O[Si](c1ccccc1)(c1ccccc1)C(C)C. The smallest absolute Gasteiger partial charge is 0.321 e. The van der Waals surface area contributed by atoms with Gasteiger partial charge in [-0.15, -0.1) is 0 Å². The van der Waals surface area contributed by atoms with E-state index in [4.69, 9.17) is 4.43 Å². The van der Waals surface area contributed by atoms with Gasteiger partial charge in [-0.1, -0.05) is 81.1 Å². The maximum absolute atomic E-state index is 12.0. The molecule has 0 aliphatic carbocycles. The van der Waals surface area contributed by atoms with E-state index < -0.39 is 8.32 Å². The van der Waals surface area contributed by atoms with E-state index in [1.54, 1.807) is 0 Å². The number of benzene rings is 2. The number of hydrogen-bond donors (Lipinski definition) is 0. The number of hydrogen-bond acceptors (Lipinski definition) is 2. The highest BCUT2D eigenvalue weighted by molar-refractivity contribution is 6.99. The van der Waals surface area contributed by atoms with Crippen LogP contribution in [0, 0.1) is 0 Å². The van der Waals surface area contributed by atoms with E-state index in [1.807, 2.05) is 36.4 Å². The predicted octanol–water partition coefficient (Wildman–Crippen LogP) is 2.89. The molecule has 108 valence electrons. The Morgan fingerprint density at radius 3 is 1.76 bits per heavy atom. The van der Waals surface area contributed by atoms with Gasteiger partial charge in [0.15, 0.2) is 0 Å². The summed E-state index contributed by atoms with van der Waals surface area (Å²) in [6, 6.07) is 20.1.